The lowest BCUT2D eigenvalue weighted by atomic mass is 10.3. The molecule has 1 fully saturated rings. The third kappa shape index (κ3) is 2.39. The van der Waals surface area contributed by atoms with Gasteiger partial charge in [0.1, 0.15) is 0 Å². The zero-order valence-electron chi connectivity index (χ0n) is 7.40. The molecule has 1 aliphatic carbocycles. The minimum Gasteiger partial charge on any atom is -0.489 e. The maximum Gasteiger partial charge on any atom is 0.173 e. The molecule has 14 heavy (non-hydrogen) atoms. The second-order valence-corrected chi connectivity index (χ2v) is 4.78. The van der Waals surface area contributed by atoms with Crippen LogP contribution >= 0.6 is 27.5 Å². The van der Waals surface area contributed by atoms with Crippen molar-refractivity contribution in [2.24, 2.45) is 5.92 Å². The van der Waals surface area contributed by atoms with Gasteiger partial charge >= 0.3 is 0 Å². The lowest BCUT2D eigenvalue weighted by Crippen LogP contribution is -2.01. The average Bonchev–Trinajstić information content (AvgIpc) is 2.85. The van der Waals surface area contributed by atoms with E-state index in [4.69, 9.17) is 16.3 Å². The zero-order chi connectivity index (χ0) is 10.1. The largest absolute Gasteiger partial charge is 0.489 e. The van der Waals surface area contributed by atoms with Crippen molar-refractivity contribution in [2.75, 3.05) is 6.61 Å². The third-order valence-electron chi connectivity index (χ3n) is 2.12. The van der Waals surface area contributed by atoms with Crippen LogP contribution in [0.4, 0.5) is 4.39 Å². The van der Waals surface area contributed by atoms with Gasteiger partial charge in [-0.15, -0.1) is 0 Å². The van der Waals surface area contributed by atoms with Crippen LogP contribution in [0, 0.1) is 11.7 Å². The molecule has 0 heterocycles. The molecule has 0 aromatic heterocycles. The molecule has 0 atom stereocenters. The van der Waals surface area contributed by atoms with Gasteiger partial charge in [0.2, 0.25) is 0 Å². The molecule has 1 aromatic rings. The summed E-state index contributed by atoms with van der Waals surface area (Å²) in [6, 6.07) is 2.99. The summed E-state index contributed by atoms with van der Waals surface area (Å²) in [4.78, 5) is 0. The molecule has 76 valence electrons. The van der Waals surface area contributed by atoms with E-state index in [1.807, 2.05) is 0 Å². The fourth-order valence-electron chi connectivity index (χ4n) is 1.15. The van der Waals surface area contributed by atoms with Crippen LogP contribution in [-0.2, 0) is 0 Å². The standard InChI is InChI=1S/C10H9BrClFO/c11-7-3-8(12)10(9(13)4-7)14-5-6-1-2-6/h3-4,6H,1-2,5H2. The molecule has 0 amide bonds. The zero-order valence-corrected chi connectivity index (χ0v) is 9.74. The summed E-state index contributed by atoms with van der Waals surface area (Å²) >= 11 is 9.00. The molecule has 1 aliphatic rings. The van der Waals surface area contributed by atoms with Gasteiger partial charge in [0.15, 0.2) is 11.6 Å². The van der Waals surface area contributed by atoms with E-state index in [2.05, 4.69) is 15.9 Å². The van der Waals surface area contributed by atoms with E-state index < -0.39 is 5.82 Å². The van der Waals surface area contributed by atoms with Gasteiger partial charge in [-0.2, -0.15) is 0 Å². The fraction of sp³-hybridized carbons (Fsp3) is 0.400. The van der Waals surface area contributed by atoms with Crippen LogP contribution in [0.3, 0.4) is 0 Å². The summed E-state index contributed by atoms with van der Waals surface area (Å²) in [5.41, 5.74) is 0. The first-order valence-electron chi connectivity index (χ1n) is 4.44. The van der Waals surface area contributed by atoms with Crippen LogP contribution in [0.15, 0.2) is 16.6 Å². The molecular weight excluding hydrogens is 270 g/mol. The van der Waals surface area contributed by atoms with Crippen LogP contribution in [0.2, 0.25) is 5.02 Å². The predicted molar refractivity (Wildman–Crippen MR) is 57.3 cm³/mol. The van der Waals surface area contributed by atoms with Gasteiger partial charge in [-0.1, -0.05) is 27.5 Å². The summed E-state index contributed by atoms with van der Waals surface area (Å²) in [5, 5.41) is 0.317. The molecular formula is C10H9BrClFO. The first-order chi connectivity index (χ1) is 6.66. The third-order valence-corrected chi connectivity index (χ3v) is 2.86. The summed E-state index contributed by atoms with van der Waals surface area (Å²) in [6.45, 7) is 0.568. The van der Waals surface area contributed by atoms with Crippen LogP contribution in [0.1, 0.15) is 12.8 Å². The quantitative estimate of drug-likeness (QED) is 0.812. The summed E-state index contributed by atoms with van der Waals surface area (Å²) in [7, 11) is 0. The number of hydrogen-bond acceptors (Lipinski definition) is 1. The van der Waals surface area contributed by atoms with Gasteiger partial charge in [-0.3, -0.25) is 0 Å². The minimum atomic E-state index is -0.412. The molecule has 1 saturated carbocycles. The molecule has 0 aliphatic heterocycles. The van der Waals surface area contributed by atoms with Gasteiger partial charge in [-0.05, 0) is 30.9 Å². The lowest BCUT2D eigenvalue weighted by Gasteiger charge is -2.08. The first kappa shape index (κ1) is 10.2. The number of benzene rings is 1. The highest BCUT2D eigenvalue weighted by molar-refractivity contribution is 9.10. The Labute approximate surface area is 95.3 Å². The molecule has 1 nitrogen and oxygen atoms in total. The van der Waals surface area contributed by atoms with Crippen molar-refractivity contribution >= 4 is 27.5 Å². The molecule has 0 N–H and O–H groups in total. The van der Waals surface area contributed by atoms with Crippen molar-refractivity contribution in [1.82, 2.24) is 0 Å². The van der Waals surface area contributed by atoms with E-state index >= 15 is 0 Å². The topological polar surface area (TPSA) is 9.23 Å². The second kappa shape index (κ2) is 4.07. The van der Waals surface area contributed by atoms with Crippen molar-refractivity contribution in [1.29, 1.82) is 0 Å². The van der Waals surface area contributed by atoms with Gasteiger partial charge in [-0.25, -0.2) is 4.39 Å². The van der Waals surface area contributed by atoms with Crippen molar-refractivity contribution < 1.29 is 9.13 Å². The number of halogens is 3. The molecule has 1 aromatic carbocycles. The Morgan fingerprint density at radius 1 is 1.50 bits per heavy atom. The number of rotatable bonds is 3. The Bertz CT molecular complexity index is 329. The van der Waals surface area contributed by atoms with E-state index in [9.17, 15) is 4.39 Å². The predicted octanol–water partition coefficient (Wildman–Crippen LogP) is 4.03. The highest BCUT2D eigenvalue weighted by Gasteiger charge is 2.23. The Kier molecular flexibility index (Phi) is 2.98. The lowest BCUT2D eigenvalue weighted by molar-refractivity contribution is 0.285. The van der Waals surface area contributed by atoms with Gasteiger partial charge < -0.3 is 4.74 Å². The van der Waals surface area contributed by atoms with Crippen molar-refractivity contribution in [3.05, 3.63) is 27.4 Å². The number of hydrogen-bond donors (Lipinski definition) is 0. The summed E-state index contributed by atoms with van der Waals surface area (Å²) in [5.74, 6) is 0.348. The van der Waals surface area contributed by atoms with Crippen LogP contribution in [0.25, 0.3) is 0 Å². The molecule has 2 rings (SSSR count). The maximum atomic E-state index is 13.3. The van der Waals surface area contributed by atoms with Gasteiger partial charge in [0.25, 0.3) is 0 Å². The van der Waals surface area contributed by atoms with Crippen molar-refractivity contribution in [2.45, 2.75) is 12.8 Å². The van der Waals surface area contributed by atoms with E-state index in [0.29, 0.717) is 22.0 Å². The minimum absolute atomic E-state index is 0.168. The van der Waals surface area contributed by atoms with Crippen LogP contribution in [0.5, 0.6) is 5.75 Å². The Hall–Kier alpha value is -0.280. The fourth-order valence-corrected chi connectivity index (χ4v) is 1.98. The number of ether oxygens (including phenoxy) is 1. The van der Waals surface area contributed by atoms with Crippen LogP contribution < -0.4 is 4.74 Å². The van der Waals surface area contributed by atoms with Crippen LogP contribution in [-0.4, -0.2) is 6.61 Å². The maximum absolute atomic E-state index is 13.3. The Morgan fingerprint density at radius 2 is 2.21 bits per heavy atom. The van der Waals surface area contributed by atoms with E-state index in [-0.39, 0.29) is 5.75 Å². The average molecular weight is 280 g/mol. The molecule has 0 bridgehead atoms. The summed E-state index contributed by atoms with van der Waals surface area (Å²) < 4.78 is 19.3. The molecule has 0 radical (unpaired) electrons. The molecule has 0 saturated heterocycles. The van der Waals surface area contributed by atoms with E-state index in [1.165, 1.54) is 18.9 Å². The molecule has 4 heteroatoms. The van der Waals surface area contributed by atoms with Crippen molar-refractivity contribution in [3.63, 3.8) is 0 Å². The Balaban J connectivity index is 2.13. The second-order valence-electron chi connectivity index (χ2n) is 3.45. The SMILES string of the molecule is Fc1cc(Br)cc(Cl)c1OCC1CC1. The monoisotopic (exact) mass is 278 g/mol. The van der Waals surface area contributed by atoms with E-state index in [1.54, 1.807) is 6.07 Å². The highest BCUT2D eigenvalue weighted by Crippen LogP contribution is 2.34. The summed E-state index contributed by atoms with van der Waals surface area (Å²) in [6.07, 6.45) is 2.35. The highest BCUT2D eigenvalue weighted by atomic mass is 79.9. The Morgan fingerprint density at radius 3 is 2.79 bits per heavy atom. The smallest absolute Gasteiger partial charge is 0.173 e. The van der Waals surface area contributed by atoms with Gasteiger partial charge in [0, 0.05) is 4.47 Å². The first-order valence-corrected chi connectivity index (χ1v) is 5.61. The van der Waals surface area contributed by atoms with E-state index in [0.717, 1.165) is 0 Å². The van der Waals surface area contributed by atoms with Crippen molar-refractivity contribution in [3.8, 4) is 5.75 Å². The van der Waals surface area contributed by atoms with Gasteiger partial charge in [0.05, 0.1) is 11.6 Å². The normalized spacial score (nSPS) is 15.6. The molecule has 0 spiro atoms. The molecule has 0 unspecified atom stereocenters.